The maximum Gasteiger partial charge on any atom is 0.231 e. The van der Waals surface area contributed by atoms with Crippen molar-refractivity contribution in [1.29, 1.82) is 0 Å². The molecule has 0 saturated carbocycles. The van der Waals surface area contributed by atoms with Crippen molar-refractivity contribution in [1.82, 2.24) is 10.2 Å². The van der Waals surface area contributed by atoms with Gasteiger partial charge in [0.05, 0.1) is 6.04 Å². The predicted octanol–water partition coefficient (Wildman–Crippen LogP) is 3.33. The number of amides is 1. The number of likely N-dealkylation sites (N-methyl/N-ethyl adjacent to an activating group) is 1. The average Bonchev–Trinajstić information content (AvgIpc) is 3.14. The van der Waals surface area contributed by atoms with Crippen molar-refractivity contribution in [2.45, 2.75) is 32.2 Å². The van der Waals surface area contributed by atoms with Gasteiger partial charge in [-0.3, -0.25) is 4.79 Å². The summed E-state index contributed by atoms with van der Waals surface area (Å²) in [6.45, 7) is 3.02. The van der Waals surface area contributed by atoms with Crippen molar-refractivity contribution in [2.24, 2.45) is 0 Å². The van der Waals surface area contributed by atoms with Crippen molar-refractivity contribution in [2.75, 3.05) is 27.4 Å². The number of hydrogen-bond acceptors (Lipinski definition) is 4. The molecule has 1 amide bonds. The van der Waals surface area contributed by atoms with Crippen LogP contribution in [-0.2, 0) is 17.6 Å². The molecule has 5 heteroatoms. The number of nitrogens with one attached hydrogen (secondary N) is 1. The number of nitrogens with zero attached hydrogens (tertiary/aromatic N) is 1. The summed E-state index contributed by atoms with van der Waals surface area (Å²) < 4.78 is 10.7. The second-order valence-electron chi connectivity index (χ2n) is 7.07. The molecule has 3 rings (SSSR count). The van der Waals surface area contributed by atoms with E-state index in [9.17, 15) is 4.79 Å². The molecule has 0 fully saturated rings. The molecule has 0 aliphatic carbocycles. The Labute approximate surface area is 161 Å². The standard InChI is InChI=1S/C22H28N2O3/c1-4-16-5-9-18(10-6-16)19(24(2)3)14-23-22(25)12-8-17-7-11-20-21(13-17)27-15-26-20/h5-7,9-11,13,19H,4,8,12,14-15H2,1-3H3,(H,23,25)/t19-/m0/s1. The van der Waals surface area contributed by atoms with E-state index >= 15 is 0 Å². The fraction of sp³-hybridized carbons (Fsp3) is 0.409. The molecule has 1 N–H and O–H groups in total. The minimum atomic E-state index is 0.0599. The Morgan fingerprint density at radius 1 is 1.07 bits per heavy atom. The number of benzene rings is 2. The van der Waals surface area contributed by atoms with Crippen molar-refractivity contribution in [3.05, 3.63) is 59.2 Å². The van der Waals surface area contributed by atoms with Crippen LogP contribution >= 0.6 is 0 Å². The third-order valence-corrected chi connectivity index (χ3v) is 4.97. The minimum Gasteiger partial charge on any atom is -0.454 e. The van der Waals surface area contributed by atoms with Crippen LogP contribution in [0.5, 0.6) is 11.5 Å². The summed E-state index contributed by atoms with van der Waals surface area (Å²) in [5.74, 6) is 1.59. The van der Waals surface area contributed by atoms with Gasteiger partial charge in [0.15, 0.2) is 11.5 Å². The zero-order valence-corrected chi connectivity index (χ0v) is 16.3. The number of aryl methyl sites for hydroxylation is 2. The monoisotopic (exact) mass is 368 g/mol. The molecule has 1 atom stereocenters. The van der Waals surface area contributed by atoms with E-state index in [4.69, 9.17) is 9.47 Å². The Bertz CT molecular complexity index is 772. The van der Waals surface area contributed by atoms with Gasteiger partial charge in [0.1, 0.15) is 0 Å². The molecule has 27 heavy (non-hydrogen) atoms. The van der Waals surface area contributed by atoms with Crippen molar-refractivity contribution < 1.29 is 14.3 Å². The third-order valence-electron chi connectivity index (χ3n) is 4.97. The van der Waals surface area contributed by atoms with Gasteiger partial charge in [0.25, 0.3) is 0 Å². The van der Waals surface area contributed by atoms with E-state index in [0.29, 0.717) is 19.4 Å². The molecule has 2 aromatic rings. The summed E-state index contributed by atoms with van der Waals surface area (Å²) in [7, 11) is 4.08. The van der Waals surface area contributed by atoms with Crippen LogP contribution in [0.1, 0.15) is 36.1 Å². The Morgan fingerprint density at radius 3 is 2.48 bits per heavy atom. The largest absolute Gasteiger partial charge is 0.454 e. The van der Waals surface area contributed by atoms with Crippen LogP contribution in [0, 0.1) is 0 Å². The van der Waals surface area contributed by atoms with E-state index < -0.39 is 0 Å². The lowest BCUT2D eigenvalue weighted by Crippen LogP contribution is -2.34. The molecule has 1 aliphatic rings. The van der Waals surface area contributed by atoms with E-state index in [2.05, 4.69) is 41.4 Å². The molecule has 1 aliphatic heterocycles. The summed E-state index contributed by atoms with van der Waals surface area (Å²) in [6.07, 6.45) is 2.17. The van der Waals surface area contributed by atoms with Crippen LogP contribution in [0.4, 0.5) is 0 Å². The molecule has 0 aromatic heterocycles. The fourth-order valence-corrected chi connectivity index (χ4v) is 3.23. The Hall–Kier alpha value is -2.53. The van der Waals surface area contributed by atoms with Gasteiger partial charge in [-0.2, -0.15) is 0 Å². The van der Waals surface area contributed by atoms with Crippen molar-refractivity contribution in [3.8, 4) is 11.5 Å². The molecule has 144 valence electrons. The van der Waals surface area contributed by atoms with Gasteiger partial charge >= 0.3 is 0 Å². The molecule has 0 saturated heterocycles. The number of ether oxygens (including phenoxy) is 2. The second kappa shape index (κ2) is 8.91. The summed E-state index contributed by atoms with van der Waals surface area (Å²) in [6, 6.07) is 14.6. The van der Waals surface area contributed by atoms with Crippen LogP contribution < -0.4 is 14.8 Å². The molecule has 0 radical (unpaired) electrons. The van der Waals surface area contributed by atoms with E-state index in [1.165, 1.54) is 11.1 Å². The minimum absolute atomic E-state index is 0.0599. The Morgan fingerprint density at radius 2 is 1.78 bits per heavy atom. The molecule has 0 bridgehead atoms. The average molecular weight is 368 g/mol. The van der Waals surface area contributed by atoms with Gasteiger partial charge in [-0.25, -0.2) is 0 Å². The van der Waals surface area contributed by atoms with Gasteiger partial charge in [0.2, 0.25) is 12.7 Å². The Kier molecular flexibility index (Phi) is 6.35. The maximum absolute atomic E-state index is 12.3. The first-order valence-corrected chi connectivity index (χ1v) is 9.47. The summed E-state index contributed by atoms with van der Waals surface area (Å²) in [4.78, 5) is 14.5. The second-order valence-corrected chi connectivity index (χ2v) is 7.07. The fourth-order valence-electron chi connectivity index (χ4n) is 3.23. The number of hydrogen-bond donors (Lipinski definition) is 1. The quantitative estimate of drug-likeness (QED) is 0.777. The van der Waals surface area contributed by atoms with Gasteiger partial charge in [-0.15, -0.1) is 0 Å². The van der Waals surface area contributed by atoms with E-state index in [1.807, 2.05) is 32.3 Å². The molecular formula is C22H28N2O3. The topological polar surface area (TPSA) is 50.8 Å². The molecular weight excluding hydrogens is 340 g/mol. The van der Waals surface area contributed by atoms with Crippen LogP contribution in [0.15, 0.2) is 42.5 Å². The number of carbonyl (C=O) groups excluding carboxylic acids is 1. The highest BCUT2D eigenvalue weighted by Crippen LogP contribution is 2.32. The first kappa shape index (κ1) is 19.2. The summed E-state index contributed by atoms with van der Waals surface area (Å²) in [5.41, 5.74) is 3.62. The van der Waals surface area contributed by atoms with E-state index in [1.54, 1.807) is 0 Å². The SMILES string of the molecule is CCc1ccc([C@H](CNC(=O)CCc2ccc3c(c2)OCO3)N(C)C)cc1. The van der Waals surface area contributed by atoms with Gasteiger partial charge in [0, 0.05) is 13.0 Å². The van der Waals surface area contributed by atoms with Gasteiger partial charge in [-0.05, 0) is 55.8 Å². The molecule has 0 spiro atoms. The van der Waals surface area contributed by atoms with Gasteiger partial charge in [-0.1, -0.05) is 37.3 Å². The first-order chi connectivity index (χ1) is 13.1. The van der Waals surface area contributed by atoms with Crippen LogP contribution in [0.3, 0.4) is 0 Å². The highest BCUT2D eigenvalue weighted by atomic mass is 16.7. The highest BCUT2D eigenvalue weighted by Gasteiger charge is 2.16. The van der Waals surface area contributed by atoms with Crippen LogP contribution in [0.2, 0.25) is 0 Å². The Balaban J connectivity index is 1.51. The van der Waals surface area contributed by atoms with Gasteiger partial charge < -0.3 is 19.7 Å². The maximum atomic E-state index is 12.3. The normalized spacial score (nSPS) is 13.6. The first-order valence-electron chi connectivity index (χ1n) is 9.47. The number of carbonyl (C=O) groups is 1. The number of fused-ring (bicyclic) bond motifs is 1. The van der Waals surface area contributed by atoms with E-state index in [-0.39, 0.29) is 18.7 Å². The summed E-state index contributed by atoms with van der Waals surface area (Å²) >= 11 is 0. The van der Waals surface area contributed by atoms with Crippen LogP contribution in [-0.4, -0.2) is 38.2 Å². The number of rotatable bonds is 8. The lowest BCUT2D eigenvalue weighted by molar-refractivity contribution is -0.121. The predicted molar refractivity (Wildman–Crippen MR) is 106 cm³/mol. The van der Waals surface area contributed by atoms with Crippen LogP contribution in [0.25, 0.3) is 0 Å². The van der Waals surface area contributed by atoms with Crippen molar-refractivity contribution in [3.63, 3.8) is 0 Å². The lowest BCUT2D eigenvalue weighted by Gasteiger charge is -2.25. The smallest absolute Gasteiger partial charge is 0.231 e. The van der Waals surface area contributed by atoms with E-state index in [0.717, 1.165) is 23.5 Å². The molecule has 2 aromatic carbocycles. The van der Waals surface area contributed by atoms with Crippen molar-refractivity contribution >= 4 is 5.91 Å². The molecule has 0 unspecified atom stereocenters. The summed E-state index contributed by atoms with van der Waals surface area (Å²) in [5, 5.41) is 3.08. The third kappa shape index (κ3) is 5.01. The zero-order valence-electron chi connectivity index (χ0n) is 16.3. The zero-order chi connectivity index (χ0) is 19.2. The molecule has 5 nitrogen and oxygen atoms in total. The molecule has 1 heterocycles. The highest BCUT2D eigenvalue weighted by molar-refractivity contribution is 5.76. The lowest BCUT2D eigenvalue weighted by atomic mass is 10.0.